The second-order valence-electron chi connectivity index (χ2n) is 5.25. The molecule has 0 aromatic heterocycles. The van der Waals surface area contributed by atoms with Crippen molar-refractivity contribution in [3.63, 3.8) is 0 Å². The Morgan fingerprint density at radius 2 is 2.06 bits per heavy atom. The van der Waals surface area contributed by atoms with E-state index in [-0.39, 0.29) is 5.78 Å². The van der Waals surface area contributed by atoms with Crippen LogP contribution in [0.4, 0.5) is 0 Å². The van der Waals surface area contributed by atoms with E-state index in [1.165, 1.54) is 7.11 Å². The number of Topliss-reactive ketones (excluding diaryl/α,β-unsaturated/α-hetero) is 1. The molecular weight excluding hydrogens is 232 g/mol. The Bertz CT molecular complexity index is 313. The number of ketones is 1. The van der Waals surface area contributed by atoms with Gasteiger partial charge in [0.2, 0.25) is 0 Å². The van der Waals surface area contributed by atoms with Crippen LogP contribution in [0.3, 0.4) is 0 Å². The van der Waals surface area contributed by atoms with Gasteiger partial charge in [0.15, 0.2) is 5.78 Å². The monoisotopic (exact) mass is 256 g/mol. The van der Waals surface area contributed by atoms with Gasteiger partial charge in [0.05, 0.1) is 7.11 Å². The van der Waals surface area contributed by atoms with Gasteiger partial charge in [-0.1, -0.05) is 20.3 Å². The summed E-state index contributed by atoms with van der Waals surface area (Å²) in [4.78, 5) is 24.3. The number of carbonyl (C=O) groups excluding carboxylic acids is 2. The molecule has 1 aliphatic rings. The molecule has 0 radical (unpaired) electrons. The average molecular weight is 256 g/mol. The summed E-state index contributed by atoms with van der Waals surface area (Å²) in [5, 5.41) is 0. The molecule has 104 valence electrons. The second kappa shape index (κ2) is 6.32. The Morgan fingerprint density at radius 3 is 2.50 bits per heavy atom. The van der Waals surface area contributed by atoms with Crippen LogP contribution in [0, 0.1) is 11.8 Å². The van der Waals surface area contributed by atoms with Crippen molar-refractivity contribution < 1.29 is 19.1 Å². The summed E-state index contributed by atoms with van der Waals surface area (Å²) in [5.41, 5.74) is -0.785. The molecule has 4 heteroatoms. The summed E-state index contributed by atoms with van der Waals surface area (Å²) >= 11 is 0. The van der Waals surface area contributed by atoms with Gasteiger partial charge >= 0.3 is 5.97 Å². The largest absolute Gasteiger partial charge is 0.468 e. The van der Waals surface area contributed by atoms with Crippen LogP contribution in [0.2, 0.25) is 0 Å². The van der Waals surface area contributed by atoms with Crippen molar-refractivity contribution in [2.24, 2.45) is 11.8 Å². The molecule has 0 amide bonds. The first kappa shape index (κ1) is 15.2. The number of hydrogen-bond donors (Lipinski definition) is 0. The Morgan fingerprint density at radius 1 is 1.39 bits per heavy atom. The van der Waals surface area contributed by atoms with Crippen LogP contribution in [-0.2, 0) is 19.1 Å². The second-order valence-corrected chi connectivity index (χ2v) is 5.25. The van der Waals surface area contributed by atoms with E-state index in [1.54, 1.807) is 7.11 Å². The number of ether oxygens (including phenoxy) is 2. The van der Waals surface area contributed by atoms with Crippen molar-refractivity contribution in [1.29, 1.82) is 0 Å². The summed E-state index contributed by atoms with van der Waals surface area (Å²) in [5.74, 6) is -0.791. The van der Waals surface area contributed by atoms with E-state index in [9.17, 15) is 9.59 Å². The SMILES string of the molecule is CCC(C(=O)OC)C(=O)C1(OC)CCCC(C)C1. The lowest BCUT2D eigenvalue weighted by Gasteiger charge is -2.39. The normalized spacial score (nSPS) is 29.7. The minimum atomic E-state index is -0.785. The fourth-order valence-corrected chi connectivity index (χ4v) is 2.93. The Labute approximate surface area is 109 Å². The van der Waals surface area contributed by atoms with E-state index >= 15 is 0 Å². The van der Waals surface area contributed by atoms with E-state index < -0.39 is 17.5 Å². The number of methoxy groups -OCH3 is 2. The molecule has 0 heterocycles. The van der Waals surface area contributed by atoms with Crippen molar-refractivity contribution in [2.75, 3.05) is 14.2 Å². The van der Waals surface area contributed by atoms with Crippen LogP contribution >= 0.6 is 0 Å². The summed E-state index contributed by atoms with van der Waals surface area (Å²) < 4.78 is 10.2. The summed E-state index contributed by atoms with van der Waals surface area (Å²) in [7, 11) is 2.89. The molecule has 0 aromatic rings. The van der Waals surface area contributed by atoms with E-state index in [0.717, 1.165) is 12.8 Å². The number of carbonyl (C=O) groups is 2. The summed E-state index contributed by atoms with van der Waals surface area (Å²) in [6.45, 7) is 3.95. The Hall–Kier alpha value is -0.900. The molecule has 0 aromatic carbocycles. The standard InChI is InChI=1S/C14H24O4/c1-5-11(13(16)17-3)12(15)14(18-4)8-6-7-10(2)9-14/h10-11H,5-9H2,1-4H3. The molecule has 1 fully saturated rings. The fourth-order valence-electron chi connectivity index (χ4n) is 2.93. The van der Waals surface area contributed by atoms with Crippen LogP contribution in [-0.4, -0.2) is 31.6 Å². The molecule has 18 heavy (non-hydrogen) atoms. The number of rotatable bonds is 5. The first-order chi connectivity index (χ1) is 8.50. The summed E-state index contributed by atoms with van der Waals surface area (Å²) in [6, 6.07) is 0. The lowest BCUT2D eigenvalue weighted by atomic mass is 9.73. The molecule has 3 unspecified atom stereocenters. The van der Waals surface area contributed by atoms with Gasteiger partial charge in [-0.15, -0.1) is 0 Å². The van der Waals surface area contributed by atoms with E-state index in [0.29, 0.717) is 25.2 Å². The highest BCUT2D eigenvalue weighted by molar-refractivity contribution is 6.03. The van der Waals surface area contributed by atoms with E-state index in [2.05, 4.69) is 6.92 Å². The topological polar surface area (TPSA) is 52.6 Å². The average Bonchev–Trinajstić information content (AvgIpc) is 2.38. The molecule has 1 saturated carbocycles. The van der Waals surface area contributed by atoms with Gasteiger partial charge in [-0.05, 0) is 31.6 Å². The van der Waals surface area contributed by atoms with Crippen LogP contribution in [0.15, 0.2) is 0 Å². The Balaban J connectivity index is 2.92. The first-order valence-electron chi connectivity index (χ1n) is 6.68. The van der Waals surface area contributed by atoms with Crippen LogP contribution in [0.1, 0.15) is 46.0 Å². The lowest BCUT2D eigenvalue weighted by Crippen LogP contribution is -2.49. The van der Waals surface area contributed by atoms with E-state index in [4.69, 9.17) is 9.47 Å². The quantitative estimate of drug-likeness (QED) is 0.559. The van der Waals surface area contributed by atoms with Crippen molar-refractivity contribution in [1.82, 2.24) is 0 Å². The minimum Gasteiger partial charge on any atom is -0.468 e. The van der Waals surface area contributed by atoms with Crippen LogP contribution in [0.25, 0.3) is 0 Å². The van der Waals surface area contributed by atoms with Gasteiger partial charge in [-0.3, -0.25) is 9.59 Å². The molecule has 0 saturated heterocycles. The lowest BCUT2D eigenvalue weighted by molar-refractivity contribution is -0.162. The number of esters is 1. The summed E-state index contributed by atoms with van der Waals surface area (Å²) in [6.07, 6.45) is 3.97. The van der Waals surface area contributed by atoms with Crippen LogP contribution < -0.4 is 0 Å². The molecule has 4 nitrogen and oxygen atoms in total. The van der Waals surface area contributed by atoms with Crippen molar-refractivity contribution in [3.05, 3.63) is 0 Å². The zero-order chi connectivity index (χ0) is 13.8. The predicted octanol–water partition coefficient (Wildman–Crippen LogP) is 2.35. The maximum Gasteiger partial charge on any atom is 0.316 e. The van der Waals surface area contributed by atoms with Gasteiger partial charge in [0.1, 0.15) is 11.5 Å². The first-order valence-corrected chi connectivity index (χ1v) is 6.68. The molecule has 0 spiro atoms. The third kappa shape index (κ3) is 2.91. The third-order valence-electron chi connectivity index (χ3n) is 4.01. The molecule has 0 N–H and O–H groups in total. The predicted molar refractivity (Wildman–Crippen MR) is 68.2 cm³/mol. The Kier molecular flexibility index (Phi) is 5.32. The third-order valence-corrected chi connectivity index (χ3v) is 4.01. The maximum absolute atomic E-state index is 12.6. The zero-order valence-corrected chi connectivity index (χ0v) is 11.8. The minimum absolute atomic E-state index is 0.106. The van der Waals surface area contributed by atoms with E-state index in [1.807, 2.05) is 6.92 Å². The highest BCUT2D eigenvalue weighted by Gasteiger charge is 2.46. The molecule has 1 aliphatic carbocycles. The van der Waals surface area contributed by atoms with Gasteiger partial charge in [0, 0.05) is 7.11 Å². The van der Waals surface area contributed by atoms with Gasteiger partial charge in [-0.2, -0.15) is 0 Å². The maximum atomic E-state index is 12.6. The molecule has 1 rings (SSSR count). The molecule has 0 aliphatic heterocycles. The number of hydrogen-bond acceptors (Lipinski definition) is 4. The molecular formula is C14H24O4. The highest BCUT2D eigenvalue weighted by atomic mass is 16.5. The van der Waals surface area contributed by atoms with Crippen LogP contribution in [0.5, 0.6) is 0 Å². The molecule has 3 atom stereocenters. The smallest absolute Gasteiger partial charge is 0.316 e. The molecule has 0 bridgehead atoms. The van der Waals surface area contributed by atoms with Gasteiger partial charge in [0.25, 0.3) is 0 Å². The van der Waals surface area contributed by atoms with Crippen molar-refractivity contribution in [3.8, 4) is 0 Å². The van der Waals surface area contributed by atoms with Gasteiger partial charge < -0.3 is 9.47 Å². The van der Waals surface area contributed by atoms with Crippen molar-refractivity contribution in [2.45, 2.75) is 51.6 Å². The van der Waals surface area contributed by atoms with Crippen molar-refractivity contribution >= 4 is 11.8 Å². The fraction of sp³-hybridized carbons (Fsp3) is 0.857. The zero-order valence-electron chi connectivity index (χ0n) is 11.8. The van der Waals surface area contributed by atoms with Gasteiger partial charge in [-0.25, -0.2) is 0 Å². The highest BCUT2D eigenvalue weighted by Crippen LogP contribution is 2.37.